The summed E-state index contributed by atoms with van der Waals surface area (Å²) in [7, 11) is -3.76. The van der Waals surface area contributed by atoms with Crippen LogP contribution in [0.3, 0.4) is 0 Å². The van der Waals surface area contributed by atoms with Crippen molar-refractivity contribution in [3.05, 3.63) is 103 Å². The largest absolute Gasteiger partial charge is 0.334 e. The van der Waals surface area contributed by atoms with Crippen molar-refractivity contribution in [2.75, 3.05) is 5.32 Å². The molecule has 0 fully saturated rings. The molecule has 0 bridgehead atoms. The smallest absolute Gasteiger partial charge is 0.319 e. The first-order chi connectivity index (χ1) is 15.5. The number of carbonyl (C=O) groups is 1. The molecule has 0 saturated heterocycles. The van der Waals surface area contributed by atoms with Crippen LogP contribution in [-0.2, 0) is 16.4 Å². The van der Waals surface area contributed by atoms with Crippen LogP contribution in [0.4, 0.5) is 10.5 Å². The molecule has 2 amide bonds. The van der Waals surface area contributed by atoms with Gasteiger partial charge in [0.25, 0.3) is 0 Å². The first kappa shape index (κ1) is 21.2. The zero-order valence-electron chi connectivity index (χ0n) is 17.0. The summed E-state index contributed by atoms with van der Waals surface area (Å²) in [6.45, 7) is 0.354. The Labute approximate surface area is 186 Å². The summed E-state index contributed by atoms with van der Waals surface area (Å²) in [6, 6.07) is 19.7. The predicted molar refractivity (Wildman–Crippen MR) is 122 cm³/mol. The standard InChI is InChI=1S/C24H20N4O3S/c29-24(27-17-18-9-13-25-14-10-18)28-20-5-7-21(8-6-20)32(30,31)23-4-2-1-3-22(23)19-11-15-26-16-12-19/h1-16H,17H2,(H2,27,28,29). The number of amides is 2. The van der Waals surface area contributed by atoms with E-state index in [1.165, 1.54) is 12.1 Å². The zero-order chi connectivity index (χ0) is 22.4. The summed E-state index contributed by atoms with van der Waals surface area (Å²) in [5.41, 5.74) is 2.78. The second-order valence-electron chi connectivity index (χ2n) is 6.92. The monoisotopic (exact) mass is 444 g/mol. The van der Waals surface area contributed by atoms with Crippen LogP contribution in [0.5, 0.6) is 0 Å². The molecule has 4 aromatic rings. The first-order valence-electron chi connectivity index (χ1n) is 9.82. The van der Waals surface area contributed by atoms with Crippen LogP contribution in [0.25, 0.3) is 11.1 Å². The molecule has 2 aromatic heterocycles. The van der Waals surface area contributed by atoms with Gasteiger partial charge in [0.15, 0.2) is 0 Å². The predicted octanol–water partition coefficient (Wildman–Crippen LogP) is 4.30. The molecule has 0 aliphatic rings. The highest BCUT2D eigenvalue weighted by molar-refractivity contribution is 7.91. The lowest BCUT2D eigenvalue weighted by Crippen LogP contribution is -2.28. The second-order valence-corrected chi connectivity index (χ2v) is 8.84. The van der Waals surface area contributed by atoms with Crippen LogP contribution in [-0.4, -0.2) is 24.4 Å². The molecular weight excluding hydrogens is 424 g/mol. The molecule has 2 aromatic carbocycles. The fourth-order valence-corrected chi connectivity index (χ4v) is 4.66. The molecule has 2 N–H and O–H groups in total. The van der Waals surface area contributed by atoms with Crippen LogP contribution in [0.2, 0.25) is 0 Å². The van der Waals surface area contributed by atoms with E-state index in [1.54, 1.807) is 73.3 Å². The van der Waals surface area contributed by atoms with E-state index in [9.17, 15) is 13.2 Å². The van der Waals surface area contributed by atoms with E-state index >= 15 is 0 Å². The van der Waals surface area contributed by atoms with Gasteiger partial charge in [-0.1, -0.05) is 18.2 Å². The van der Waals surface area contributed by atoms with Gasteiger partial charge in [-0.15, -0.1) is 0 Å². The second kappa shape index (κ2) is 9.40. The molecule has 0 unspecified atom stereocenters. The van der Waals surface area contributed by atoms with Crippen LogP contribution < -0.4 is 10.6 Å². The summed E-state index contributed by atoms with van der Waals surface area (Å²) >= 11 is 0. The molecule has 0 saturated carbocycles. The Kier molecular flexibility index (Phi) is 6.23. The number of rotatable bonds is 6. The minimum atomic E-state index is -3.76. The third-order valence-electron chi connectivity index (χ3n) is 4.79. The molecule has 32 heavy (non-hydrogen) atoms. The van der Waals surface area contributed by atoms with Crippen molar-refractivity contribution in [3.8, 4) is 11.1 Å². The Bertz CT molecular complexity index is 1310. The zero-order valence-corrected chi connectivity index (χ0v) is 17.8. The van der Waals surface area contributed by atoms with E-state index in [0.717, 1.165) is 11.1 Å². The molecule has 4 rings (SSSR count). The SMILES string of the molecule is O=C(NCc1ccncc1)Nc1ccc(S(=O)(=O)c2ccccc2-c2ccncc2)cc1. The van der Waals surface area contributed by atoms with Crippen LogP contribution >= 0.6 is 0 Å². The first-order valence-corrected chi connectivity index (χ1v) is 11.3. The van der Waals surface area contributed by atoms with Gasteiger partial charge in [0.2, 0.25) is 9.84 Å². The number of benzene rings is 2. The van der Waals surface area contributed by atoms with E-state index < -0.39 is 9.84 Å². The maximum atomic E-state index is 13.3. The van der Waals surface area contributed by atoms with E-state index in [0.29, 0.717) is 17.8 Å². The fourth-order valence-electron chi connectivity index (χ4n) is 3.17. The number of hydrogen-bond donors (Lipinski definition) is 2. The minimum Gasteiger partial charge on any atom is -0.334 e. The van der Waals surface area contributed by atoms with Gasteiger partial charge in [-0.2, -0.15) is 0 Å². The van der Waals surface area contributed by atoms with Crippen molar-refractivity contribution >= 4 is 21.6 Å². The van der Waals surface area contributed by atoms with Crippen molar-refractivity contribution < 1.29 is 13.2 Å². The molecule has 0 radical (unpaired) electrons. The highest BCUT2D eigenvalue weighted by atomic mass is 32.2. The summed E-state index contributed by atoms with van der Waals surface area (Å²) < 4.78 is 26.6. The maximum absolute atomic E-state index is 13.3. The summed E-state index contributed by atoms with van der Waals surface area (Å²) in [5, 5.41) is 5.44. The lowest BCUT2D eigenvalue weighted by molar-refractivity contribution is 0.251. The van der Waals surface area contributed by atoms with Gasteiger partial charge in [-0.25, -0.2) is 13.2 Å². The number of aromatic nitrogens is 2. The molecule has 160 valence electrons. The van der Waals surface area contributed by atoms with Crippen molar-refractivity contribution in [1.82, 2.24) is 15.3 Å². The lowest BCUT2D eigenvalue weighted by Gasteiger charge is -2.12. The Hall–Kier alpha value is -4.04. The molecule has 0 aliphatic heterocycles. The van der Waals surface area contributed by atoms with Crippen molar-refractivity contribution in [2.45, 2.75) is 16.3 Å². The Morgan fingerprint density at radius 2 is 1.41 bits per heavy atom. The minimum absolute atomic E-state index is 0.141. The van der Waals surface area contributed by atoms with Gasteiger partial charge >= 0.3 is 6.03 Å². The number of nitrogens with one attached hydrogen (secondary N) is 2. The molecule has 8 heteroatoms. The van der Waals surface area contributed by atoms with Crippen molar-refractivity contribution in [2.24, 2.45) is 0 Å². The van der Waals surface area contributed by atoms with E-state index in [-0.39, 0.29) is 15.8 Å². The van der Waals surface area contributed by atoms with Gasteiger partial charge in [0.1, 0.15) is 0 Å². The number of carbonyl (C=O) groups excluding carboxylic acids is 1. The van der Waals surface area contributed by atoms with Gasteiger partial charge in [-0.05, 0) is 65.7 Å². The molecule has 7 nitrogen and oxygen atoms in total. The number of sulfone groups is 1. The van der Waals surface area contributed by atoms with Crippen LogP contribution in [0.15, 0.2) is 107 Å². The van der Waals surface area contributed by atoms with Crippen molar-refractivity contribution in [3.63, 3.8) is 0 Å². The Morgan fingerprint density at radius 3 is 2.09 bits per heavy atom. The molecule has 0 aliphatic carbocycles. The topological polar surface area (TPSA) is 101 Å². The van der Waals surface area contributed by atoms with Gasteiger partial charge in [0.05, 0.1) is 9.79 Å². The highest BCUT2D eigenvalue weighted by Gasteiger charge is 2.21. The third kappa shape index (κ3) is 4.81. The van der Waals surface area contributed by atoms with Crippen LogP contribution in [0.1, 0.15) is 5.56 Å². The number of urea groups is 1. The maximum Gasteiger partial charge on any atom is 0.319 e. The number of nitrogens with zero attached hydrogens (tertiary/aromatic N) is 2. The van der Waals surface area contributed by atoms with Crippen LogP contribution in [0, 0.1) is 0 Å². The van der Waals surface area contributed by atoms with E-state index in [1.807, 2.05) is 12.1 Å². The fraction of sp³-hybridized carbons (Fsp3) is 0.0417. The summed E-state index contributed by atoms with van der Waals surface area (Å²) in [6.07, 6.45) is 6.56. The van der Waals surface area contributed by atoms with Gasteiger partial charge < -0.3 is 10.6 Å². The summed E-state index contributed by atoms with van der Waals surface area (Å²) in [4.78, 5) is 20.4. The number of pyridine rings is 2. The average molecular weight is 445 g/mol. The van der Waals surface area contributed by atoms with Crippen molar-refractivity contribution in [1.29, 1.82) is 0 Å². The molecular formula is C24H20N4O3S. The Morgan fingerprint density at radius 1 is 0.781 bits per heavy atom. The number of anilines is 1. The number of hydrogen-bond acceptors (Lipinski definition) is 5. The van der Waals surface area contributed by atoms with E-state index in [2.05, 4.69) is 20.6 Å². The molecule has 0 spiro atoms. The average Bonchev–Trinajstić information content (AvgIpc) is 2.84. The lowest BCUT2D eigenvalue weighted by atomic mass is 10.1. The molecule has 0 atom stereocenters. The Balaban J connectivity index is 1.50. The highest BCUT2D eigenvalue weighted by Crippen LogP contribution is 2.31. The van der Waals surface area contributed by atoms with E-state index in [4.69, 9.17) is 0 Å². The summed E-state index contributed by atoms with van der Waals surface area (Å²) in [5.74, 6) is 0. The van der Waals surface area contributed by atoms with Gasteiger partial charge in [0, 0.05) is 42.6 Å². The van der Waals surface area contributed by atoms with Gasteiger partial charge in [-0.3, -0.25) is 9.97 Å². The third-order valence-corrected chi connectivity index (χ3v) is 6.62. The quantitative estimate of drug-likeness (QED) is 0.462. The molecule has 2 heterocycles. The normalized spacial score (nSPS) is 11.0.